The Morgan fingerprint density at radius 1 is 1.67 bits per heavy atom. The lowest BCUT2D eigenvalue weighted by molar-refractivity contribution is 0.662. The van der Waals surface area contributed by atoms with Gasteiger partial charge in [0, 0.05) is 5.70 Å². The molecule has 1 N–H and O–H groups in total. The molecule has 1 aliphatic rings. The highest BCUT2D eigenvalue weighted by Crippen LogP contribution is 2.23. The van der Waals surface area contributed by atoms with Crippen molar-refractivity contribution < 1.29 is 0 Å². The lowest BCUT2D eigenvalue weighted by Gasteiger charge is -2.09. The van der Waals surface area contributed by atoms with Crippen LogP contribution in [0, 0.1) is 5.92 Å². The maximum Gasteiger partial charge on any atom is 0.0732 e. The fourth-order valence-corrected chi connectivity index (χ4v) is 1.68. The van der Waals surface area contributed by atoms with E-state index in [-0.39, 0.29) is 0 Å². The predicted molar refractivity (Wildman–Crippen MR) is 43.1 cm³/mol. The molecule has 1 heterocycles. The Bertz CT molecular complexity index is 129. The smallest absolute Gasteiger partial charge is 0.0732 e. The second-order valence-electron chi connectivity index (χ2n) is 2.65. The number of thioether (sulfide) groups is 1. The maximum absolute atomic E-state index is 3.38. The molecule has 0 radical (unpaired) electrons. The van der Waals surface area contributed by atoms with Crippen LogP contribution in [0.25, 0.3) is 0 Å². The van der Waals surface area contributed by atoms with Gasteiger partial charge in [-0.2, -0.15) is 0 Å². The zero-order valence-corrected chi connectivity index (χ0v) is 6.96. The third kappa shape index (κ3) is 1.65. The van der Waals surface area contributed by atoms with Gasteiger partial charge in [-0.05, 0) is 18.2 Å². The fraction of sp³-hybridized carbons (Fsp3) is 0.714. The van der Waals surface area contributed by atoms with Crippen molar-refractivity contribution in [1.82, 2.24) is 5.32 Å². The Kier molecular flexibility index (Phi) is 2.06. The van der Waals surface area contributed by atoms with Gasteiger partial charge in [0.2, 0.25) is 0 Å². The quantitative estimate of drug-likeness (QED) is 0.603. The Morgan fingerprint density at radius 2 is 2.33 bits per heavy atom. The summed E-state index contributed by atoms with van der Waals surface area (Å²) in [5.74, 6) is 0.655. The molecule has 0 amide bonds. The summed E-state index contributed by atoms with van der Waals surface area (Å²) in [7, 11) is 0. The monoisotopic (exact) mass is 143 g/mol. The van der Waals surface area contributed by atoms with Gasteiger partial charge >= 0.3 is 0 Å². The Hall–Kier alpha value is -0.110. The van der Waals surface area contributed by atoms with Crippen LogP contribution >= 0.6 is 11.8 Å². The lowest BCUT2D eigenvalue weighted by atomic mass is 10.2. The molecule has 0 saturated heterocycles. The highest BCUT2D eigenvalue weighted by atomic mass is 32.2. The summed E-state index contributed by atoms with van der Waals surface area (Å²) in [6, 6.07) is 0. The minimum absolute atomic E-state index is 0.586. The van der Waals surface area contributed by atoms with E-state index in [1.807, 2.05) is 11.8 Å². The molecule has 0 aromatic heterocycles. The first kappa shape index (κ1) is 7.00. The molecule has 1 unspecified atom stereocenters. The van der Waals surface area contributed by atoms with Crippen LogP contribution in [0.4, 0.5) is 0 Å². The van der Waals surface area contributed by atoms with Crippen LogP contribution in [0.1, 0.15) is 20.8 Å². The van der Waals surface area contributed by atoms with E-state index in [4.69, 9.17) is 0 Å². The van der Waals surface area contributed by atoms with Gasteiger partial charge in [-0.3, -0.25) is 0 Å². The number of hydrogen-bond acceptors (Lipinski definition) is 2. The van der Waals surface area contributed by atoms with E-state index >= 15 is 0 Å². The first-order valence-electron chi connectivity index (χ1n) is 3.32. The zero-order chi connectivity index (χ0) is 6.85. The summed E-state index contributed by atoms with van der Waals surface area (Å²) in [5, 5.41) is 6.18. The average Bonchev–Trinajstić information content (AvgIpc) is 2.14. The van der Waals surface area contributed by atoms with E-state index in [1.54, 1.807) is 0 Å². The molecular weight excluding hydrogens is 130 g/mol. The van der Waals surface area contributed by atoms with Crippen LogP contribution in [-0.4, -0.2) is 5.37 Å². The van der Waals surface area contributed by atoms with Gasteiger partial charge in [0.05, 0.1) is 5.37 Å². The maximum atomic E-state index is 3.38. The van der Waals surface area contributed by atoms with E-state index in [1.165, 1.54) is 5.70 Å². The van der Waals surface area contributed by atoms with Gasteiger partial charge in [0.1, 0.15) is 0 Å². The van der Waals surface area contributed by atoms with Crippen LogP contribution in [0.3, 0.4) is 0 Å². The number of allylic oxidation sites excluding steroid dienone is 1. The molecule has 0 aromatic rings. The SMILES string of the molecule is CC1NC(C(C)C)=CS1. The molecule has 1 nitrogen and oxygen atoms in total. The van der Waals surface area contributed by atoms with Crippen LogP contribution < -0.4 is 5.32 Å². The Labute approximate surface area is 60.9 Å². The van der Waals surface area contributed by atoms with E-state index in [9.17, 15) is 0 Å². The van der Waals surface area contributed by atoms with Gasteiger partial charge in [-0.1, -0.05) is 13.8 Å². The zero-order valence-electron chi connectivity index (χ0n) is 6.14. The Balaban J connectivity index is 2.45. The van der Waals surface area contributed by atoms with Crippen molar-refractivity contribution in [3.63, 3.8) is 0 Å². The van der Waals surface area contributed by atoms with Crippen LogP contribution in [-0.2, 0) is 0 Å². The average molecular weight is 143 g/mol. The van der Waals surface area contributed by atoms with Crippen molar-refractivity contribution >= 4 is 11.8 Å². The lowest BCUT2D eigenvalue weighted by Crippen LogP contribution is -2.19. The largest absolute Gasteiger partial charge is 0.376 e. The highest BCUT2D eigenvalue weighted by molar-refractivity contribution is 8.02. The topological polar surface area (TPSA) is 12.0 Å². The minimum Gasteiger partial charge on any atom is -0.376 e. The normalized spacial score (nSPS) is 26.2. The molecule has 1 aliphatic heterocycles. The summed E-state index contributed by atoms with van der Waals surface area (Å²) >= 11 is 1.86. The summed E-state index contributed by atoms with van der Waals surface area (Å²) in [5.41, 5.74) is 1.38. The van der Waals surface area contributed by atoms with Gasteiger partial charge in [0.15, 0.2) is 0 Å². The van der Waals surface area contributed by atoms with Crippen LogP contribution in [0.15, 0.2) is 11.1 Å². The molecule has 0 aliphatic carbocycles. The molecule has 1 atom stereocenters. The molecular formula is C7H13NS. The second kappa shape index (κ2) is 2.65. The van der Waals surface area contributed by atoms with Gasteiger partial charge in [-0.15, -0.1) is 11.8 Å². The second-order valence-corrected chi connectivity index (χ2v) is 3.87. The van der Waals surface area contributed by atoms with Crippen LogP contribution in [0.5, 0.6) is 0 Å². The molecule has 0 fully saturated rings. The molecule has 9 heavy (non-hydrogen) atoms. The number of nitrogens with one attached hydrogen (secondary N) is 1. The van der Waals surface area contributed by atoms with Crippen molar-refractivity contribution in [3.05, 3.63) is 11.1 Å². The summed E-state index contributed by atoms with van der Waals surface area (Å²) in [4.78, 5) is 0. The molecule has 0 bridgehead atoms. The van der Waals surface area contributed by atoms with Crippen molar-refractivity contribution in [3.8, 4) is 0 Å². The number of rotatable bonds is 1. The van der Waals surface area contributed by atoms with E-state index in [0.717, 1.165) is 0 Å². The van der Waals surface area contributed by atoms with Gasteiger partial charge in [0.25, 0.3) is 0 Å². The molecule has 0 saturated carbocycles. The standard InChI is InChI=1S/C7H13NS/c1-5(2)7-4-9-6(3)8-7/h4-6,8H,1-3H3. The highest BCUT2D eigenvalue weighted by Gasteiger charge is 2.12. The minimum atomic E-state index is 0.586. The number of hydrogen-bond donors (Lipinski definition) is 1. The third-order valence-corrected chi connectivity index (χ3v) is 2.31. The summed E-state index contributed by atoms with van der Waals surface area (Å²) < 4.78 is 0. The molecule has 1 rings (SSSR count). The van der Waals surface area contributed by atoms with Crippen LogP contribution in [0.2, 0.25) is 0 Å². The van der Waals surface area contributed by atoms with Gasteiger partial charge < -0.3 is 5.32 Å². The first-order chi connectivity index (χ1) is 4.20. The van der Waals surface area contributed by atoms with Crippen molar-refractivity contribution in [2.75, 3.05) is 0 Å². The predicted octanol–water partition coefficient (Wildman–Crippen LogP) is 2.17. The molecule has 0 aromatic carbocycles. The fourth-order valence-electron chi connectivity index (χ4n) is 0.781. The van der Waals surface area contributed by atoms with E-state index in [0.29, 0.717) is 11.3 Å². The van der Waals surface area contributed by atoms with Crippen molar-refractivity contribution in [1.29, 1.82) is 0 Å². The molecule has 2 heteroatoms. The van der Waals surface area contributed by atoms with Gasteiger partial charge in [-0.25, -0.2) is 0 Å². The summed E-state index contributed by atoms with van der Waals surface area (Å²) in [6.45, 7) is 6.59. The first-order valence-corrected chi connectivity index (χ1v) is 4.26. The van der Waals surface area contributed by atoms with Crippen molar-refractivity contribution in [2.45, 2.75) is 26.1 Å². The molecule has 0 spiro atoms. The Morgan fingerprint density at radius 3 is 2.56 bits per heavy atom. The van der Waals surface area contributed by atoms with Crippen molar-refractivity contribution in [2.24, 2.45) is 5.92 Å². The summed E-state index contributed by atoms with van der Waals surface area (Å²) in [6.07, 6.45) is 0. The third-order valence-electron chi connectivity index (χ3n) is 1.39. The van der Waals surface area contributed by atoms with E-state index < -0.39 is 0 Å². The molecule has 52 valence electrons. The van der Waals surface area contributed by atoms with E-state index in [2.05, 4.69) is 31.5 Å².